The number of ether oxygens (including phenoxy) is 2. The molecule has 5 heteroatoms. The lowest BCUT2D eigenvalue weighted by atomic mass is 10.5. The van der Waals surface area contributed by atoms with Crippen LogP contribution in [-0.4, -0.2) is 35.8 Å². The quantitative estimate of drug-likeness (QED) is 0.692. The van der Waals surface area contributed by atoms with Crippen molar-refractivity contribution in [1.29, 1.82) is 0 Å². The number of rotatable bonds is 7. The van der Waals surface area contributed by atoms with E-state index in [1.54, 1.807) is 10.9 Å². The first kappa shape index (κ1) is 12.0. The molecule has 0 radical (unpaired) electrons. The molecule has 0 fully saturated rings. The van der Waals surface area contributed by atoms with E-state index in [-0.39, 0.29) is 6.29 Å². The highest BCUT2D eigenvalue weighted by Gasteiger charge is 2.07. The van der Waals surface area contributed by atoms with E-state index in [9.17, 15) is 0 Å². The molecule has 1 aromatic heterocycles. The van der Waals surface area contributed by atoms with E-state index in [4.69, 9.17) is 9.47 Å². The Morgan fingerprint density at radius 2 is 2.07 bits per heavy atom. The van der Waals surface area contributed by atoms with Crippen molar-refractivity contribution >= 4 is 5.69 Å². The summed E-state index contributed by atoms with van der Waals surface area (Å²) in [5, 5.41) is 7.26. The Kier molecular flexibility index (Phi) is 5.14. The molecule has 0 amide bonds. The molecular formula is C10H19N3O2. The number of hydrogen-bond acceptors (Lipinski definition) is 4. The van der Waals surface area contributed by atoms with Gasteiger partial charge in [-0.25, -0.2) is 0 Å². The summed E-state index contributed by atoms with van der Waals surface area (Å²) in [6, 6.07) is 0. The molecule has 5 nitrogen and oxygen atoms in total. The van der Waals surface area contributed by atoms with Gasteiger partial charge in [0.2, 0.25) is 0 Å². The van der Waals surface area contributed by atoms with Gasteiger partial charge in [-0.1, -0.05) is 0 Å². The first-order valence-corrected chi connectivity index (χ1v) is 5.22. The third kappa shape index (κ3) is 4.31. The van der Waals surface area contributed by atoms with Crippen molar-refractivity contribution in [3.63, 3.8) is 0 Å². The standard InChI is InChI=1S/C10H19N3O2/c1-4-14-10(15-5-2)7-11-9-6-12-13(3)8-9/h6,8,10-11H,4-5,7H2,1-3H3. The van der Waals surface area contributed by atoms with Crippen LogP contribution in [0.5, 0.6) is 0 Å². The minimum atomic E-state index is -0.194. The van der Waals surface area contributed by atoms with Crippen LogP contribution >= 0.6 is 0 Å². The molecular weight excluding hydrogens is 194 g/mol. The van der Waals surface area contributed by atoms with Crippen LogP contribution in [0.15, 0.2) is 12.4 Å². The third-order valence-corrected chi connectivity index (χ3v) is 1.88. The SMILES string of the molecule is CCOC(CNc1cnn(C)c1)OCC. The van der Waals surface area contributed by atoms with Crippen molar-refractivity contribution in [2.45, 2.75) is 20.1 Å². The maximum atomic E-state index is 5.40. The highest BCUT2D eigenvalue weighted by molar-refractivity contribution is 5.37. The van der Waals surface area contributed by atoms with Crippen LogP contribution in [0.3, 0.4) is 0 Å². The summed E-state index contributed by atoms with van der Waals surface area (Å²) < 4.78 is 12.5. The average Bonchev–Trinajstić information content (AvgIpc) is 2.61. The molecule has 0 aromatic carbocycles. The van der Waals surface area contributed by atoms with Gasteiger partial charge in [-0.3, -0.25) is 4.68 Å². The zero-order valence-electron chi connectivity index (χ0n) is 9.56. The summed E-state index contributed by atoms with van der Waals surface area (Å²) in [5.74, 6) is 0. The van der Waals surface area contributed by atoms with Crippen molar-refractivity contribution in [3.8, 4) is 0 Å². The zero-order valence-corrected chi connectivity index (χ0v) is 9.56. The van der Waals surface area contributed by atoms with Gasteiger partial charge in [0.25, 0.3) is 0 Å². The van der Waals surface area contributed by atoms with Crippen molar-refractivity contribution in [2.75, 3.05) is 25.1 Å². The number of anilines is 1. The van der Waals surface area contributed by atoms with E-state index in [1.165, 1.54) is 0 Å². The van der Waals surface area contributed by atoms with E-state index in [0.717, 1.165) is 5.69 Å². The molecule has 1 rings (SSSR count). The van der Waals surface area contributed by atoms with Crippen LogP contribution in [0.2, 0.25) is 0 Å². The maximum absolute atomic E-state index is 5.40. The summed E-state index contributed by atoms with van der Waals surface area (Å²) in [4.78, 5) is 0. The van der Waals surface area contributed by atoms with E-state index >= 15 is 0 Å². The Balaban J connectivity index is 2.32. The second kappa shape index (κ2) is 6.42. The second-order valence-corrected chi connectivity index (χ2v) is 3.12. The Labute approximate surface area is 90.4 Å². The van der Waals surface area contributed by atoms with Gasteiger partial charge >= 0.3 is 0 Å². The Bertz CT molecular complexity index is 269. The summed E-state index contributed by atoms with van der Waals surface area (Å²) in [5.41, 5.74) is 0.974. The van der Waals surface area contributed by atoms with Crippen molar-refractivity contribution in [1.82, 2.24) is 9.78 Å². The lowest BCUT2D eigenvalue weighted by Crippen LogP contribution is -2.26. The van der Waals surface area contributed by atoms with Gasteiger partial charge in [0.1, 0.15) is 0 Å². The lowest BCUT2D eigenvalue weighted by molar-refractivity contribution is -0.126. The summed E-state index contributed by atoms with van der Waals surface area (Å²) in [6.07, 6.45) is 3.49. The fourth-order valence-corrected chi connectivity index (χ4v) is 1.25. The van der Waals surface area contributed by atoms with Gasteiger partial charge in [-0.05, 0) is 13.8 Å². The van der Waals surface area contributed by atoms with Gasteiger partial charge in [0.05, 0.1) is 18.4 Å². The largest absolute Gasteiger partial charge is 0.377 e. The van der Waals surface area contributed by atoms with Gasteiger partial charge in [0.15, 0.2) is 6.29 Å². The smallest absolute Gasteiger partial charge is 0.174 e. The first-order chi connectivity index (χ1) is 7.26. The van der Waals surface area contributed by atoms with E-state index in [0.29, 0.717) is 19.8 Å². The number of nitrogens with one attached hydrogen (secondary N) is 1. The molecule has 0 aliphatic carbocycles. The van der Waals surface area contributed by atoms with E-state index in [2.05, 4.69) is 10.4 Å². The fourth-order valence-electron chi connectivity index (χ4n) is 1.25. The van der Waals surface area contributed by atoms with Crippen LogP contribution in [0.25, 0.3) is 0 Å². The Hall–Kier alpha value is -1.07. The molecule has 1 heterocycles. The molecule has 0 bridgehead atoms. The highest BCUT2D eigenvalue weighted by Crippen LogP contribution is 2.04. The molecule has 0 aliphatic heterocycles. The van der Waals surface area contributed by atoms with E-state index in [1.807, 2.05) is 27.1 Å². The molecule has 15 heavy (non-hydrogen) atoms. The Morgan fingerprint density at radius 1 is 1.40 bits per heavy atom. The van der Waals surface area contributed by atoms with Crippen molar-refractivity contribution in [2.24, 2.45) is 7.05 Å². The monoisotopic (exact) mass is 213 g/mol. The maximum Gasteiger partial charge on any atom is 0.174 e. The molecule has 1 aromatic rings. The molecule has 1 N–H and O–H groups in total. The minimum absolute atomic E-state index is 0.194. The molecule has 0 saturated heterocycles. The molecule has 0 spiro atoms. The molecule has 0 unspecified atom stereocenters. The average molecular weight is 213 g/mol. The number of nitrogens with zero attached hydrogens (tertiary/aromatic N) is 2. The first-order valence-electron chi connectivity index (χ1n) is 5.22. The van der Waals surface area contributed by atoms with Crippen molar-refractivity contribution < 1.29 is 9.47 Å². The molecule has 0 saturated carbocycles. The van der Waals surface area contributed by atoms with Gasteiger partial charge < -0.3 is 14.8 Å². The van der Waals surface area contributed by atoms with Crippen LogP contribution in [0.1, 0.15) is 13.8 Å². The fraction of sp³-hybridized carbons (Fsp3) is 0.700. The minimum Gasteiger partial charge on any atom is -0.377 e. The lowest BCUT2D eigenvalue weighted by Gasteiger charge is -2.17. The molecule has 86 valence electrons. The molecule has 0 atom stereocenters. The van der Waals surface area contributed by atoms with Crippen LogP contribution in [-0.2, 0) is 16.5 Å². The summed E-state index contributed by atoms with van der Waals surface area (Å²) in [7, 11) is 1.88. The van der Waals surface area contributed by atoms with Gasteiger partial charge in [0, 0.05) is 26.5 Å². The third-order valence-electron chi connectivity index (χ3n) is 1.88. The van der Waals surface area contributed by atoms with Gasteiger partial charge in [-0.15, -0.1) is 0 Å². The van der Waals surface area contributed by atoms with Crippen molar-refractivity contribution in [3.05, 3.63) is 12.4 Å². The van der Waals surface area contributed by atoms with Crippen LogP contribution in [0, 0.1) is 0 Å². The van der Waals surface area contributed by atoms with Crippen LogP contribution in [0.4, 0.5) is 5.69 Å². The topological polar surface area (TPSA) is 48.3 Å². The number of aryl methyl sites for hydroxylation is 1. The van der Waals surface area contributed by atoms with Crippen LogP contribution < -0.4 is 5.32 Å². The number of hydrogen-bond donors (Lipinski definition) is 1. The second-order valence-electron chi connectivity index (χ2n) is 3.12. The number of aromatic nitrogens is 2. The van der Waals surface area contributed by atoms with E-state index < -0.39 is 0 Å². The summed E-state index contributed by atoms with van der Waals surface area (Å²) >= 11 is 0. The predicted molar refractivity (Wildman–Crippen MR) is 58.7 cm³/mol. The highest BCUT2D eigenvalue weighted by atomic mass is 16.7. The summed E-state index contributed by atoms with van der Waals surface area (Å²) in [6.45, 7) is 5.85. The normalized spacial score (nSPS) is 10.9. The zero-order chi connectivity index (χ0) is 11.1. The predicted octanol–water partition coefficient (Wildman–Crippen LogP) is 1.23. The van der Waals surface area contributed by atoms with Gasteiger partial charge in [-0.2, -0.15) is 5.10 Å². The molecule has 0 aliphatic rings. The Morgan fingerprint density at radius 3 is 2.53 bits per heavy atom.